The summed E-state index contributed by atoms with van der Waals surface area (Å²) >= 11 is 0. The number of rotatable bonds is 6. The van der Waals surface area contributed by atoms with Crippen molar-refractivity contribution in [2.45, 2.75) is 37.8 Å². The molecule has 25 heavy (non-hydrogen) atoms. The summed E-state index contributed by atoms with van der Waals surface area (Å²) in [5, 5.41) is 4.16. The van der Waals surface area contributed by atoms with Gasteiger partial charge in [-0.3, -0.25) is 4.68 Å². The van der Waals surface area contributed by atoms with Crippen molar-refractivity contribution in [1.29, 1.82) is 0 Å². The third kappa shape index (κ3) is 4.05. The van der Waals surface area contributed by atoms with E-state index in [9.17, 15) is 17.2 Å². The van der Waals surface area contributed by atoms with E-state index in [1.54, 1.807) is 17.1 Å². The van der Waals surface area contributed by atoms with Gasteiger partial charge in [-0.25, -0.2) is 21.9 Å². The second kappa shape index (κ2) is 7.19. The zero-order chi connectivity index (χ0) is 18.0. The third-order valence-electron chi connectivity index (χ3n) is 4.12. The Morgan fingerprint density at radius 2 is 2.08 bits per heavy atom. The molecule has 1 N–H and O–H groups in total. The molecule has 0 radical (unpaired) electrons. The van der Waals surface area contributed by atoms with Gasteiger partial charge >= 0.3 is 0 Å². The third-order valence-corrected chi connectivity index (χ3v) is 5.46. The average Bonchev–Trinajstić information content (AvgIpc) is 3.19. The smallest absolute Gasteiger partial charge is 0.216 e. The van der Waals surface area contributed by atoms with Gasteiger partial charge in [-0.15, -0.1) is 0 Å². The largest absolute Gasteiger partial charge is 0.372 e. The van der Waals surface area contributed by atoms with Gasteiger partial charge < -0.3 is 4.74 Å². The highest BCUT2D eigenvalue weighted by Crippen LogP contribution is 2.29. The van der Waals surface area contributed by atoms with Gasteiger partial charge in [0, 0.05) is 30.5 Å². The Kier molecular flexibility index (Phi) is 5.16. The highest BCUT2D eigenvalue weighted by Gasteiger charge is 2.34. The first-order valence-electron chi connectivity index (χ1n) is 7.96. The van der Waals surface area contributed by atoms with Crippen LogP contribution < -0.4 is 4.72 Å². The van der Waals surface area contributed by atoms with Gasteiger partial charge in [-0.05, 0) is 25.5 Å². The monoisotopic (exact) mass is 371 g/mol. The SMILES string of the molecule is CCn1cc([C@H]2OCC[C@@H]2NS(=O)(=O)Cc2c(F)cccc2F)cn1. The van der Waals surface area contributed by atoms with Crippen LogP contribution in [0.5, 0.6) is 0 Å². The maximum Gasteiger partial charge on any atom is 0.216 e. The lowest BCUT2D eigenvalue weighted by molar-refractivity contribution is 0.102. The fourth-order valence-electron chi connectivity index (χ4n) is 2.87. The molecule has 0 saturated carbocycles. The van der Waals surface area contributed by atoms with Crippen LogP contribution in [0.4, 0.5) is 8.78 Å². The van der Waals surface area contributed by atoms with Crippen LogP contribution in [0, 0.1) is 11.6 Å². The topological polar surface area (TPSA) is 73.2 Å². The Morgan fingerprint density at radius 3 is 2.72 bits per heavy atom. The van der Waals surface area contributed by atoms with E-state index in [2.05, 4.69) is 9.82 Å². The second-order valence-corrected chi connectivity index (χ2v) is 7.65. The summed E-state index contributed by atoms with van der Waals surface area (Å²) < 4.78 is 62.0. The van der Waals surface area contributed by atoms with Crippen LogP contribution in [0.2, 0.25) is 0 Å². The van der Waals surface area contributed by atoms with Gasteiger partial charge in [0.25, 0.3) is 0 Å². The van der Waals surface area contributed by atoms with Gasteiger partial charge in [0.15, 0.2) is 0 Å². The van der Waals surface area contributed by atoms with E-state index in [0.29, 0.717) is 19.6 Å². The number of aromatic nitrogens is 2. The maximum atomic E-state index is 13.7. The molecule has 1 fully saturated rings. The fraction of sp³-hybridized carbons (Fsp3) is 0.438. The van der Waals surface area contributed by atoms with Crippen LogP contribution in [0.3, 0.4) is 0 Å². The van der Waals surface area contributed by atoms with E-state index in [0.717, 1.165) is 17.7 Å². The fourth-order valence-corrected chi connectivity index (χ4v) is 4.31. The predicted octanol–water partition coefficient (Wildman–Crippen LogP) is 2.13. The normalized spacial score (nSPS) is 20.9. The van der Waals surface area contributed by atoms with Crippen molar-refractivity contribution >= 4 is 10.0 Å². The molecule has 0 bridgehead atoms. The van der Waals surface area contributed by atoms with Gasteiger partial charge in [-0.1, -0.05) is 6.07 Å². The average molecular weight is 371 g/mol. The number of sulfonamides is 1. The first kappa shape index (κ1) is 18.0. The Morgan fingerprint density at radius 1 is 1.36 bits per heavy atom. The highest BCUT2D eigenvalue weighted by molar-refractivity contribution is 7.88. The van der Waals surface area contributed by atoms with E-state index in [1.165, 1.54) is 6.07 Å². The summed E-state index contributed by atoms with van der Waals surface area (Å²) in [6, 6.07) is 2.76. The van der Waals surface area contributed by atoms with Gasteiger partial charge in [-0.2, -0.15) is 5.10 Å². The van der Waals surface area contributed by atoms with Crippen LogP contribution in [-0.2, 0) is 27.1 Å². The Labute approximate surface area is 144 Å². The van der Waals surface area contributed by atoms with Crippen molar-refractivity contribution in [3.8, 4) is 0 Å². The lowest BCUT2D eigenvalue weighted by atomic mass is 10.1. The first-order chi connectivity index (χ1) is 11.9. The Bertz CT molecular complexity index is 834. The lowest BCUT2D eigenvalue weighted by Gasteiger charge is -2.19. The van der Waals surface area contributed by atoms with E-state index in [-0.39, 0.29) is 0 Å². The summed E-state index contributed by atoms with van der Waals surface area (Å²) in [6.07, 6.45) is 3.44. The molecule has 2 atom stereocenters. The Balaban J connectivity index is 1.75. The molecule has 0 amide bonds. The number of ether oxygens (including phenoxy) is 1. The lowest BCUT2D eigenvalue weighted by Crippen LogP contribution is -2.37. The molecule has 2 heterocycles. The molecule has 3 rings (SSSR count). The molecule has 0 unspecified atom stereocenters. The minimum absolute atomic E-state index is 0.392. The maximum absolute atomic E-state index is 13.7. The quantitative estimate of drug-likeness (QED) is 0.844. The number of benzene rings is 1. The molecule has 1 aliphatic heterocycles. The van der Waals surface area contributed by atoms with Crippen molar-refractivity contribution < 1.29 is 21.9 Å². The van der Waals surface area contributed by atoms with E-state index >= 15 is 0 Å². The minimum atomic E-state index is -3.94. The molecular formula is C16H19F2N3O3S. The number of hydrogen-bond donors (Lipinski definition) is 1. The summed E-state index contributed by atoms with van der Waals surface area (Å²) in [6.45, 7) is 3.02. The zero-order valence-corrected chi connectivity index (χ0v) is 14.5. The molecule has 1 aromatic heterocycles. The molecule has 2 aromatic rings. The van der Waals surface area contributed by atoms with Crippen molar-refractivity contribution in [3.63, 3.8) is 0 Å². The van der Waals surface area contributed by atoms with E-state index in [1.807, 2.05) is 6.92 Å². The van der Waals surface area contributed by atoms with Crippen molar-refractivity contribution in [2.24, 2.45) is 0 Å². The van der Waals surface area contributed by atoms with Crippen molar-refractivity contribution in [3.05, 3.63) is 53.4 Å². The molecule has 9 heteroatoms. The molecule has 6 nitrogen and oxygen atoms in total. The number of aryl methyl sites for hydroxylation is 1. The molecule has 1 saturated heterocycles. The Hall–Kier alpha value is -1.84. The minimum Gasteiger partial charge on any atom is -0.372 e. The molecule has 1 aromatic carbocycles. The summed E-state index contributed by atoms with van der Waals surface area (Å²) in [7, 11) is -3.94. The molecule has 0 spiro atoms. The highest BCUT2D eigenvalue weighted by atomic mass is 32.2. The first-order valence-corrected chi connectivity index (χ1v) is 9.61. The number of halogens is 2. The number of nitrogens with one attached hydrogen (secondary N) is 1. The molecule has 0 aliphatic carbocycles. The van der Waals surface area contributed by atoms with Crippen molar-refractivity contribution in [1.82, 2.24) is 14.5 Å². The standard InChI is InChI=1S/C16H19F2N3O3S/c1-2-21-9-11(8-19-21)16-15(6-7-24-16)20-25(22,23)10-12-13(17)4-3-5-14(12)18/h3-5,8-9,15-16,20H,2,6-7,10H2,1H3/t15-,16+/m0/s1. The van der Waals surface area contributed by atoms with Gasteiger partial charge in [0.05, 0.1) is 18.0 Å². The van der Waals surface area contributed by atoms with Crippen molar-refractivity contribution in [2.75, 3.05) is 6.61 Å². The van der Waals surface area contributed by atoms with Gasteiger partial charge in [0.2, 0.25) is 10.0 Å². The second-order valence-electron chi connectivity index (χ2n) is 5.89. The van der Waals surface area contributed by atoms with Crippen LogP contribution in [0.1, 0.15) is 30.6 Å². The van der Waals surface area contributed by atoms with E-state index in [4.69, 9.17) is 4.74 Å². The molecule has 1 aliphatic rings. The summed E-state index contributed by atoms with van der Waals surface area (Å²) in [5.41, 5.74) is 0.299. The van der Waals surface area contributed by atoms with E-state index < -0.39 is 45.1 Å². The predicted molar refractivity (Wildman–Crippen MR) is 87.1 cm³/mol. The van der Waals surface area contributed by atoms with Crippen LogP contribution in [0.25, 0.3) is 0 Å². The summed E-state index contributed by atoms with van der Waals surface area (Å²) in [5.74, 6) is -2.52. The summed E-state index contributed by atoms with van der Waals surface area (Å²) in [4.78, 5) is 0. The molecular weight excluding hydrogens is 352 g/mol. The number of hydrogen-bond acceptors (Lipinski definition) is 4. The molecule has 136 valence electrons. The van der Waals surface area contributed by atoms with Crippen LogP contribution in [-0.4, -0.2) is 30.8 Å². The zero-order valence-electron chi connectivity index (χ0n) is 13.7. The van der Waals surface area contributed by atoms with Gasteiger partial charge in [0.1, 0.15) is 17.7 Å². The number of nitrogens with zero attached hydrogens (tertiary/aromatic N) is 2. The van der Waals surface area contributed by atoms with Crippen LogP contribution >= 0.6 is 0 Å². The van der Waals surface area contributed by atoms with Crippen LogP contribution in [0.15, 0.2) is 30.6 Å².